The average Bonchev–Trinajstić information content (AvgIpc) is 2.55. The lowest BCUT2D eigenvalue weighted by Crippen LogP contribution is -2.34. The standard InChI is InChI=1S/C8H9ClN2OS/c1-11-3-2-5-6(13-9)4-10-7(5)8(11)12/h4,10H,2-3H2,1H3. The molecule has 3 nitrogen and oxygen atoms in total. The second-order valence-electron chi connectivity index (χ2n) is 3.06. The predicted molar refractivity (Wildman–Crippen MR) is 53.2 cm³/mol. The van der Waals surface area contributed by atoms with Gasteiger partial charge in [-0.05, 0) is 33.6 Å². The Morgan fingerprint density at radius 3 is 3.15 bits per heavy atom. The van der Waals surface area contributed by atoms with Crippen molar-refractivity contribution in [2.75, 3.05) is 13.6 Å². The summed E-state index contributed by atoms with van der Waals surface area (Å²) in [6, 6.07) is 0. The molecular weight excluding hydrogens is 208 g/mol. The third-order valence-corrected chi connectivity index (χ3v) is 3.32. The number of halogens is 1. The average molecular weight is 217 g/mol. The van der Waals surface area contributed by atoms with E-state index in [0.717, 1.165) is 34.4 Å². The Kier molecular flexibility index (Phi) is 2.26. The number of fused-ring (bicyclic) bond motifs is 1. The zero-order valence-electron chi connectivity index (χ0n) is 7.13. The minimum Gasteiger partial charge on any atom is -0.356 e. The van der Waals surface area contributed by atoms with Crippen LogP contribution in [0.5, 0.6) is 0 Å². The largest absolute Gasteiger partial charge is 0.356 e. The molecule has 5 heteroatoms. The van der Waals surface area contributed by atoms with E-state index >= 15 is 0 Å². The molecule has 1 aliphatic heterocycles. The summed E-state index contributed by atoms with van der Waals surface area (Å²) < 4.78 is 0. The molecule has 1 aliphatic rings. The molecule has 2 heterocycles. The fourth-order valence-corrected chi connectivity index (χ4v) is 2.33. The van der Waals surface area contributed by atoms with Gasteiger partial charge in [-0.25, -0.2) is 0 Å². The summed E-state index contributed by atoms with van der Waals surface area (Å²) in [5.74, 6) is 0.0539. The van der Waals surface area contributed by atoms with Gasteiger partial charge >= 0.3 is 0 Å². The molecule has 0 spiro atoms. The van der Waals surface area contributed by atoms with Crippen molar-refractivity contribution in [3.63, 3.8) is 0 Å². The van der Waals surface area contributed by atoms with Crippen molar-refractivity contribution in [3.05, 3.63) is 17.5 Å². The van der Waals surface area contributed by atoms with E-state index in [0.29, 0.717) is 5.69 Å². The Bertz CT molecular complexity index is 350. The highest BCUT2D eigenvalue weighted by atomic mass is 35.7. The van der Waals surface area contributed by atoms with E-state index in [4.69, 9.17) is 10.7 Å². The predicted octanol–water partition coefficient (Wildman–Crippen LogP) is 1.89. The number of aromatic nitrogens is 1. The number of amides is 1. The number of rotatable bonds is 1. The van der Waals surface area contributed by atoms with E-state index in [-0.39, 0.29) is 5.91 Å². The highest BCUT2D eigenvalue weighted by Crippen LogP contribution is 2.31. The Hall–Kier alpha value is -0.610. The lowest BCUT2D eigenvalue weighted by atomic mass is 10.1. The van der Waals surface area contributed by atoms with Gasteiger partial charge in [-0.2, -0.15) is 0 Å². The van der Waals surface area contributed by atoms with Crippen molar-refractivity contribution in [1.29, 1.82) is 0 Å². The van der Waals surface area contributed by atoms with Crippen LogP contribution in [0.1, 0.15) is 16.1 Å². The van der Waals surface area contributed by atoms with E-state index in [1.54, 1.807) is 18.1 Å². The molecular formula is C8H9ClN2OS. The number of carbonyl (C=O) groups is 1. The minimum absolute atomic E-state index is 0.0539. The molecule has 0 bridgehead atoms. The van der Waals surface area contributed by atoms with E-state index < -0.39 is 0 Å². The lowest BCUT2D eigenvalue weighted by molar-refractivity contribution is 0.0775. The third-order valence-electron chi connectivity index (χ3n) is 2.29. The molecule has 0 saturated carbocycles. The smallest absolute Gasteiger partial charge is 0.270 e. The first-order valence-corrected chi connectivity index (χ1v) is 5.62. The van der Waals surface area contributed by atoms with Crippen LogP contribution >= 0.6 is 21.7 Å². The lowest BCUT2D eigenvalue weighted by Gasteiger charge is -2.22. The number of carbonyl (C=O) groups excluding carboxylic acids is 1. The normalized spacial score (nSPS) is 16.2. The molecule has 13 heavy (non-hydrogen) atoms. The number of nitrogens with one attached hydrogen (secondary N) is 1. The fraction of sp³-hybridized carbons (Fsp3) is 0.375. The first-order valence-electron chi connectivity index (χ1n) is 3.98. The summed E-state index contributed by atoms with van der Waals surface area (Å²) in [7, 11) is 8.63. The van der Waals surface area contributed by atoms with Gasteiger partial charge in [0.15, 0.2) is 0 Å². The minimum atomic E-state index is 0.0539. The van der Waals surface area contributed by atoms with E-state index in [1.165, 1.54) is 0 Å². The summed E-state index contributed by atoms with van der Waals surface area (Å²) in [5.41, 5.74) is 1.75. The molecule has 0 radical (unpaired) electrons. The van der Waals surface area contributed by atoms with E-state index in [9.17, 15) is 4.79 Å². The van der Waals surface area contributed by atoms with Crippen molar-refractivity contribution in [1.82, 2.24) is 9.88 Å². The summed E-state index contributed by atoms with van der Waals surface area (Å²) in [6.07, 6.45) is 2.68. The Morgan fingerprint density at radius 1 is 1.69 bits per heavy atom. The summed E-state index contributed by atoms with van der Waals surface area (Å²) in [6.45, 7) is 0.772. The van der Waals surface area contributed by atoms with Crippen molar-refractivity contribution >= 4 is 27.6 Å². The summed E-state index contributed by atoms with van der Waals surface area (Å²) >= 11 is 0. The van der Waals surface area contributed by atoms with Crippen LogP contribution in [0.25, 0.3) is 0 Å². The molecule has 70 valence electrons. The number of nitrogens with zero attached hydrogens (tertiary/aromatic N) is 1. The molecule has 0 unspecified atom stereocenters. The summed E-state index contributed by atoms with van der Waals surface area (Å²) in [5, 5.41) is 0. The molecule has 0 aliphatic carbocycles. The first kappa shape index (κ1) is 8.97. The molecule has 0 saturated heterocycles. The van der Waals surface area contributed by atoms with Crippen LogP contribution in [0.15, 0.2) is 11.1 Å². The van der Waals surface area contributed by atoms with Crippen LogP contribution in [-0.2, 0) is 6.42 Å². The van der Waals surface area contributed by atoms with Crippen LogP contribution in [-0.4, -0.2) is 29.4 Å². The molecule has 1 N–H and O–H groups in total. The molecule has 0 aromatic carbocycles. The Labute approximate surface area is 84.9 Å². The quantitative estimate of drug-likeness (QED) is 0.778. The number of H-pyrrole nitrogens is 1. The van der Waals surface area contributed by atoms with Gasteiger partial charge in [0, 0.05) is 24.7 Å². The summed E-state index contributed by atoms with van der Waals surface area (Å²) in [4.78, 5) is 17.2. The second-order valence-corrected chi connectivity index (χ2v) is 4.12. The van der Waals surface area contributed by atoms with Crippen molar-refractivity contribution in [3.8, 4) is 0 Å². The molecule has 1 amide bonds. The van der Waals surface area contributed by atoms with Crippen LogP contribution < -0.4 is 0 Å². The molecule has 1 aromatic heterocycles. The third kappa shape index (κ3) is 1.34. The highest BCUT2D eigenvalue weighted by Gasteiger charge is 2.25. The Balaban J connectivity index is 2.45. The maximum absolute atomic E-state index is 11.6. The van der Waals surface area contributed by atoms with Crippen LogP contribution in [0, 0.1) is 0 Å². The SMILES string of the molecule is CN1CCc2c(SCl)c[nH]c2C1=O. The van der Waals surface area contributed by atoms with Crippen molar-refractivity contribution in [2.24, 2.45) is 0 Å². The molecule has 2 rings (SSSR count). The number of hydrogen-bond donors (Lipinski definition) is 1. The molecule has 1 aromatic rings. The monoisotopic (exact) mass is 216 g/mol. The van der Waals surface area contributed by atoms with Gasteiger partial charge in [0.25, 0.3) is 5.91 Å². The van der Waals surface area contributed by atoms with Crippen LogP contribution in [0.4, 0.5) is 0 Å². The zero-order valence-corrected chi connectivity index (χ0v) is 8.71. The van der Waals surface area contributed by atoms with Gasteiger partial charge < -0.3 is 9.88 Å². The number of aromatic amines is 1. The second kappa shape index (κ2) is 3.27. The van der Waals surface area contributed by atoms with E-state index in [1.807, 2.05) is 0 Å². The number of hydrogen-bond acceptors (Lipinski definition) is 2. The van der Waals surface area contributed by atoms with Gasteiger partial charge in [-0.1, -0.05) is 0 Å². The van der Waals surface area contributed by atoms with Crippen LogP contribution in [0.2, 0.25) is 0 Å². The zero-order chi connectivity index (χ0) is 9.42. The van der Waals surface area contributed by atoms with Gasteiger partial charge in [0.2, 0.25) is 0 Å². The van der Waals surface area contributed by atoms with Crippen molar-refractivity contribution < 1.29 is 4.79 Å². The maximum Gasteiger partial charge on any atom is 0.270 e. The van der Waals surface area contributed by atoms with Gasteiger partial charge in [0.05, 0.1) is 0 Å². The van der Waals surface area contributed by atoms with Gasteiger partial charge in [0.1, 0.15) is 5.69 Å². The maximum atomic E-state index is 11.6. The fourth-order valence-electron chi connectivity index (χ4n) is 1.51. The van der Waals surface area contributed by atoms with E-state index in [2.05, 4.69) is 4.98 Å². The first-order chi connectivity index (χ1) is 6.24. The molecule has 0 fully saturated rings. The van der Waals surface area contributed by atoms with Gasteiger partial charge in [-0.15, -0.1) is 0 Å². The highest BCUT2D eigenvalue weighted by molar-refractivity contribution is 8.21. The van der Waals surface area contributed by atoms with Crippen molar-refractivity contribution in [2.45, 2.75) is 11.3 Å². The number of likely N-dealkylation sites (N-methyl/N-ethyl adjacent to an activating group) is 1. The topological polar surface area (TPSA) is 36.1 Å². The molecule has 0 atom stereocenters. The van der Waals surface area contributed by atoms with Crippen LogP contribution in [0.3, 0.4) is 0 Å². The Morgan fingerprint density at radius 2 is 2.46 bits per heavy atom. The van der Waals surface area contributed by atoms with Gasteiger partial charge in [-0.3, -0.25) is 4.79 Å².